The summed E-state index contributed by atoms with van der Waals surface area (Å²) in [6.45, 7) is 1.22. The second-order valence-corrected chi connectivity index (χ2v) is 7.28. The number of carbonyl (C=O) groups is 2. The highest BCUT2D eigenvalue weighted by Gasteiger charge is 2.12. The third-order valence-electron chi connectivity index (χ3n) is 4.87. The lowest BCUT2D eigenvalue weighted by Gasteiger charge is -2.16. The Morgan fingerprint density at radius 2 is 2.06 bits per heavy atom. The number of aromatic nitrogens is 3. The maximum absolute atomic E-state index is 14.3. The third kappa shape index (κ3) is 6.50. The van der Waals surface area contributed by atoms with E-state index in [9.17, 15) is 14.0 Å². The molecule has 0 aliphatic rings. The molecule has 1 aromatic carbocycles. The first-order valence-corrected chi connectivity index (χ1v) is 10.2. The summed E-state index contributed by atoms with van der Waals surface area (Å²) in [6.07, 6.45) is 4.29. The Morgan fingerprint density at radius 1 is 1.27 bits per heavy atom. The van der Waals surface area contributed by atoms with Crippen molar-refractivity contribution in [1.29, 1.82) is 0 Å². The summed E-state index contributed by atoms with van der Waals surface area (Å²) in [4.78, 5) is 29.4. The standard InChI is InChI=1S/C22H26FN7O3/c1-29(7-8-33-2)21(31)14-30-13-16(11-27-30)28-20-9-19(18(23)12-26-20)25-10-15-5-3-4-6-17(15)22(24)32/h3-6,9,11-13H,7-8,10,14H2,1-2H3,(H2,24,32)(H2,25,26,28). The molecule has 2 heterocycles. The van der Waals surface area contributed by atoms with E-state index in [-0.39, 0.29) is 24.7 Å². The number of nitrogens with zero attached hydrogens (tertiary/aromatic N) is 4. The average Bonchev–Trinajstić information content (AvgIpc) is 3.24. The van der Waals surface area contributed by atoms with E-state index in [0.717, 1.165) is 6.20 Å². The van der Waals surface area contributed by atoms with Crippen LogP contribution >= 0.6 is 0 Å². The number of ether oxygens (including phenoxy) is 1. The average molecular weight is 455 g/mol. The van der Waals surface area contributed by atoms with Crippen molar-refractivity contribution in [2.24, 2.45) is 5.73 Å². The van der Waals surface area contributed by atoms with Crippen LogP contribution in [0.5, 0.6) is 0 Å². The lowest BCUT2D eigenvalue weighted by molar-refractivity contribution is -0.131. The second kappa shape index (κ2) is 11.0. The molecule has 0 aliphatic carbocycles. The van der Waals surface area contributed by atoms with Crippen molar-refractivity contribution in [2.45, 2.75) is 13.1 Å². The van der Waals surface area contributed by atoms with Crippen LogP contribution in [0.1, 0.15) is 15.9 Å². The molecular formula is C22H26FN7O3. The number of hydrogen-bond donors (Lipinski definition) is 3. The van der Waals surface area contributed by atoms with Crippen molar-refractivity contribution >= 4 is 29.0 Å². The normalized spacial score (nSPS) is 10.6. The zero-order chi connectivity index (χ0) is 23.8. The minimum absolute atomic E-state index is 0.0742. The first-order chi connectivity index (χ1) is 15.9. The number of halogens is 1. The van der Waals surface area contributed by atoms with E-state index in [0.29, 0.717) is 35.8 Å². The molecule has 0 spiro atoms. The highest BCUT2D eigenvalue weighted by molar-refractivity contribution is 5.94. The first kappa shape index (κ1) is 23.7. The Bertz CT molecular complexity index is 1120. The van der Waals surface area contributed by atoms with Gasteiger partial charge in [-0.25, -0.2) is 9.37 Å². The van der Waals surface area contributed by atoms with Gasteiger partial charge in [-0.3, -0.25) is 14.3 Å². The highest BCUT2D eigenvalue weighted by Crippen LogP contribution is 2.21. The Kier molecular flexibility index (Phi) is 7.92. The van der Waals surface area contributed by atoms with Gasteiger partial charge in [-0.2, -0.15) is 5.10 Å². The van der Waals surface area contributed by atoms with Crippen molar-refractivity contribution in [3.63, 3.8) is 0 Å². The summed E-state index contributed by atoms with van der Waals surface area (Å²) in [5.41, 5.74) is 7.21. The molecule has 0 atom stereocenters. The number of pyridine rings is 1. The maximum atomic E-state index is 14.3. The van der Waals surface area contributed by atoms with Crippen molar-refractivity contribution < 1.29 is 18.7 Å². The summed E-state index contributed by atoms with van der Waals surface area (Å²) >= 11 is 0. The van der Waals surface area contributed by atoms with Crippen LogP contribution < -0.4 is 16.4 Å². The topological polar surface area (TPSA) is 127 Å². The molecule has 3 rings (SSSR count). The Labute approximate surface area is 190 Å². The fraction of sp³-hybridized carbons (Fsp3) is 0.273. The highest BCUT2D eigenvalue weighted by atomic mass is 19.1. The van der Waals surface area contributed by atoms with Gasteiger partial charge in [0.15, 0.2) is 5.82 Å². The second-order valence-electron chi connectivity index (χ2n) is 7.28. The molecule has 0 radical (unpaired) electrons. The van der Waals surface area contributed by atoms with E-state index in [2.05, 4.69) is 20.7 Å². The van der Waals surface area contributed by atoms with Gasteiger partial charge in [-0.15, -0.1) is 0 Å². The molecule has 4 N–H and O–H groups in total. The van der Waals surface area contributed by atoms with E-state index < -0.39 is 11.7 Å². The van der Waals surface area contributed by atoms with Crippen LogP contribution in [0, 0.1) is 5.82 Å². The zero-order valence-electron chi connectivity index (χ0n) is 18.4. The summed E-state index contributed by atoms with van der Waals surface area (Å²) in [6, 6.07) is 8.35. The summed E-state index contributed by atoms with van der Waals surface area (Å²) in [5, 5.41) is 10.2. The number of carbonyl (C=O) groups excluding carboxylic acids is 2. The minimum atomic E-state index is -0.551. The van der Waals surface area contributed by atoms with Crippen LogP contribution in [0.3, 0.4) is 0 Å². The molecule has 3 aromatic rings. The number of nitrogens with two attached hydrogens (primary N) is 1. The molecular weight excluding hydrogens is 429 g/mol. The third-order valence-corrected chi connectivity index (χ3v) is 4.87. The molecule has 0 unspecified atom stereocenters. The van der Waals surface area contributed by atoms with Crippen LogP contribution in [0.25, 0.3) is 0 Å². The number of nitrogens with one attached hydrogen (secondary N) is 2. The van der Waals surface area contributed by atoms with Gasteiger partial charge in [-0.05, 0) is 11.6 Å². The van der Waals surface area contributed by atoms with Crippen LogP contribution in [0.4, 0.5) is 21.6 Å². The molecule has 0 saturated carbocycles. The van der Waals surface area contributed by atoms with Gasteiger partial charge in [0.1, 0.15) is 12.4 Å². The largest absolute Gasteiger partial charge is 0.383 e. The van der Waals surface area contributed by atoms with E-state index >= 15 is 0 Å². The molecule has 33 heavy (non-hydrogen) atoms. The Hall–Kier alpha value is -3.99. The van der Waals surface area contributed by atoms with Gasteiger partial charge >= 0.3 is 0 Å². The smallest absolute Gasteiger partial charge is 0.249 e. The predicted octanol–water partition coefficient (Wildman–Crippen LogP) is 1.98. The van der Waals surface area contributed by atoms with Crippen molar-refractivity contribution in [3.8, 4) is 0 Å². The lowest BCUT2D eigenvalue weighted by atomic mass is 10.1. The van der Waals surface area contributed by atoms with Crippen LogP contribution in [0.2, 0.25) is 0 Å². The van der Waals surface area contributed by atoms with Gasteiger partial charge < -0.3 is 26.0 Å². The molecule has 11 heteroatoms. The minimum Gasteiger partial charge on any atom is -0.383 e. The number of hydrogen-bond acceptors (Lipinski definition) is 7. The number of benzene rings is 1. The summed E-state index contributed by atoms with van der Waals surface area (Å²) in [7, 11) is 3.27. The first-order valence-electron chi connectivity index (χ1n) is 10.2. The number of primary amides is 1. The van der Waals surface area contributed by atoms with Gasteiger partial charge in [0.05, 0.1) is 30.4 Å². The van der Waals surface area contributed by atoms with Crippen LogP contribution in [-0.4, -0.2) is 58.8 Å². The molecule has 2 aromatic heterocycles. The van der Waals surface area contributed by atoms with Crippen molar-refractivity contribution in [2.75, 3.05) is 37.9 Å². The van der Waals surface area contributed by atoms with Crippen LogP contribution in [-0.2, 0) is 22.6 Å². The lowest BCUT2D eigenvalue weighted by Crippen LogP contribution is -2.32. The number of likely N-dealkylation sites (N-methyl/N-ethyl adjacent to an activating group) is 1. The van der Waals surface area contributed by atoms with Gasteiger partial charge in [0, 0.05) is 45.1 Å². The molecule has 0 saturated heterocycles. The molecule has 0 fully saturated rings. The van der Waals surface area contributed by atoms with Crippen molar-refractivity contribution in [3.05, 3.63) is 65.9 Å². The van der Waals surface area contributed by atoms with Gasteiger partial charge in [0.2, 0.25) is 11.8 Å². The molecule has 10 nitrogen and oxygen atoms in total. The molecule has 174 valence electrons. The SMILES string of the molecule is COCCN(C)C(=O)Cn1cc(Nc2cc(NCc3ccccc3C(N)=O)c(F)cn2)cn1. The van der Waals surface area contributed by atoms with E-state index in [4.69, 9.17) is 10.5 Å². The number of rotatable bonds is 11. The van der Waals surface area contributed by atoms with Crippen molar-refractivity contribution in [1.82, 2.24) is 19.7 Å². The number of amides is 2. The molecule has 0 bridgehead atoms. The van der Waals surface area contributed by atoms with Gasteiger partial charge in [0.25, 0.3) is 0 Å². The van der Waals surface area contributed by atoms with E-state index in [1.165, 1.54) is 10.7 Å². The maximum Gasteiger partial charge on any atom is 0.249 e. The predicted molar refractivity (Wildman–Crippen MR) is 122 cm³/mol. The molecule has 0 aliphatic heterocycles. The quantitative estimate of drug-likeness (QED) is 0.403. The summed E-state index contributed by atoms with van der Waals surface area (Å²) < 4.78 is 20.7. The fourth-order valence-electron chi connectivity index (χ4n) is 3.02. The Morgan fingerprint density at radius 3 is 2.82 bits per heavy atom. The van der Waals surface area contributed by atoms with Crippen LogP contribution in [0.15, 0.2) is 48.9 Å². The van der Waals surface area contributed by atoms with E-state index in [1.807, 2.05) is 0 Å². The fourth-order valence-corrected chi connectivity index (χ4v) is 3.02. The van der Waals surface area contributed by atoms with E-state index in [1.54, 1.807) is 55.7 Å². The number of anilines is 3. The monoisotopic (exact) mass is 455 g/mol. The molecule has 2 amide bonds. The summed E-state index contributed by atoms with van der Waals surface area (Å²) in [5.74, 6) is -0.822. The Balaban J connectivity index is 1.63. The number of methoxy groups -OCH3 is 1. The zero-order valence-corrected chi connectivity index (χ0v) is 18.4. The van der Waals surface area contributed by atoms with Gasteiger partial charge in [-0.1, -0.05) is 18.2 Å².